The van der Waals surface area contributed by atoms with Crippen molar-refractivity contribution in [2.75, 3.05) is 0 Å². The highest BCUT2D eigenvalue weighted by molar-refractivity contribution is 7.20. The van der Waals surface area contributed by atoms with Gasteiger partial charge in [0.1, 0.15) is 0 Å². The SMILES string of the molecule is CC(F)C(F)(F)[Si](C)(C)Cl. The molecular formula is C5H10ClF3Si. The summed E-state index contributed by atoms with van der Waals surface area (Å²) in [6.07, 6.45) is -2.15. The van der Waals surface area contributed by atoms with Gasteiger partial charge in [-0.15, -0.1) is 0 Å². The average Bonchev–Trinajstić information content (AvgIpc) is 1.62. The van der Waals surface area contributed by atoms with E-state index in [0.29, 0.717) is 0 Å². The highest BCUT2D eigenvalue weighted by Gasteiger charge is 2.52. The number of hydrogen-bond acceptors (Lipinski definition) is 0. The Balaban J connectivity index is 4.40. The second-order valence-electron chi connectivity index (χ2n) is 2.71. The summed E-state index contributed by atoms with van der Waals surface area (Å²) in [5, 5.41) is 0. The maximum Gasteiger partial charge on any atom is 0.275 e. The molecule has 5 heteroatoms. The molecule has 0 aromatic rings. The lowest BCUT2D eigenvalue weighted by atomic mass is 10.5. The molecule has 0 bridgehead atoms. The normalized spacial score (nSPS) is 17.1. The molecule has 0 aliphatic heterocycles. The smallest absolute Gasteiger partial charge is 0.242 e. The molecule has 0 saturated heterocycles. The third-order valence-electron chi connectivity index (χ3n) is 1.29. The van der Waals surface area contributed by atoms with Crippen LogP contribution in [-0.4, -0.2) is 19.1 Å². The van der Waals surface area contributed by atoms with Gasteiger partial charge in [-0.3, -0.25) is 0 Å². The van der Waals surface area contributed by atoms with E-state index in [1.807, 2.05) is 0 Å². The lowest BCUT2D eigenvalue weighted by Crippen LogP contribution is -2.49. The van der Waals surface area contributed by atoms with Crippen molar-refractivity contribution in [1.29, 1.82) is 0 Å². The summed E-state index contributed by atoms with van der Waals surface area (Å²) in [5.74, 6) is 0. The molecule has 0 aliphatic rings. The zero-order valence-electron chi connectivity index (χ0n) is 6.09. The minimum atomic E-state index is -3.32. The van der Waals surface area contributed by atoms with E-state index in [2.05, 4.69) is 0 Å². The summed E-state index contributed by atoms with van der Waals surface area (Å²) in [7, 11) is -3.18. The maximum atomic E-state index is 12.6. The number of halogens is 4. The molecule has 0 radical (unpaired) electrons. The van der Waals surface area contributed by atoms with Crippen molar-refractivity contribution in [2.45, 2.75) is 31.7 Å². The first-order chi connectivity index (χ1) is 4.19. The first-order valence-electron chi connectivity index (χ1n) is 2.90. The van der Waals surface area contributed by atoms with E-state index in [9.17, 15) is 13.2 Å². The van der Waals surface area contributed by atoms with Gasteiger partial charge in [0, 0.05) is 0 Å². The van der Waals surface area contributed by atoms with Crippen molar-refractivity contribution in [2.24, 2.45) is 0 Å². The predicted octanol–water partition coefficient (Wildman–Crippen LogP) is 2.96. The van der Waals surface area contributed by atoms with Crippen LogP contribution < -0.4 is 0 Å². The molecule has 0 N–H and O–H groups in total. The molecule has 62 valence electrons. The second kappa shape index (κ2) is 2.74. The molecule has 0 heterocycles. The number of hydrogen-bond donors (Lipinski definition) is 0. The van der Waals surface area contributed by atoms with E-state index in [4.69, 9.17) is 11.1 Å². The number of rotatable bonds is 2. The fraction of sp³-hybridized carbons (Fsp3) is 1.00. The van der Waals surface area contributed by atoms with Gasteiger partial charge in [-0.1, -0.05) is 13.1 Å². The topological polar surface area (TPSA) is 0 Å². The molecule has 0 amide bonds. The summed E-state index contributed by atoms with van der Waals surface area (Å²) < 4.78 is 37.4. The Labute approximate surface area is 64.1 Å². The van der Waals surface area contributed by atoms with Gasteiger partial charge in [0.05, 0.1) is 0 Å². The Morgan fingerprint density at radius 3 is 1.70 bits per heavy atom. The van der Waals surface area contributed by atoms with E-state index >= 15 is 0 Å². The molecule has 1 atom stereocenters. The Hall–Kier alpha value is 0.297. The summed E-state index contributed by atoms with van der Waals surface area (Å²) in [6, 6.07) is 0. The van der Waals surface area contributed by atoms with E-state index in [0.717, 1.165) is 6.92 Å². The minimum absolute atomic E-state index is 0.830. The minimum Gasteiger partial charge on any atom is -0.242 e. The largest absolute Gasteiger partial charge is 0.275 e. The van der Waals surface area contributed by atoms with E-state index in [-0.39, 0.29) is 0 Å². The van der Waals surface area contributed by atoms with Crippen LogP contribution in [0.4, 0.5) is 13.2 Å². The first-order valence-corrected chi connectivity index (χ1v) is 6.91. The Bertz CT molecular complexity index is 119. The maximum absolute atomic E-state index is 12.6. The molecule has 0 nitrogen and oxygen atoms in total. The summed E-state index contributed by atoms with van der Waals surface area (Å²) in [6.45, 7) is 3.28. The quantitative estimate of drug-likeness (QED) is 0.464. The fourth-order valence-electron chi connectivity index (χ4n) is 0.473. The third kappa shape index (κ3) is 1.89. The molecular weight excluding hydrogens is 181 g/mol. The molecule has 0 rings (SSSR count). The zero-order valence-corrected chi connectivity index (χ0v) is 7.85. The zero-order chi connectivity index (χ0) is 8.58. The molecule has 0 fully saturated rings. The third-order valence-corrected chi connectivity index (χ3v) is 4.03. The van der Waals surface area contributed by atoms with Crippen LogP contribution in [0, 0.1) is 0 Å². The summed E-state index contributed by atoms with van der Waals surface area (Å²) >= 11 is 5.37. The average molecular weight is 191 g/mol. The summed E-state index contributed by atoms with van der Waals surface area (Å²) in [5.41, 5.74) is -3.32. The van der Waals surface area contributed by atoms with Crippen LogP contribution in [-0.2, 0) is 0 Å². The predicted molar refractivity (Wildman–Crippen MR) is 38.9 cm³/mol. The molecule has 10 heavy (non-hydrogen) atoms. The van der Waals surface area contributed by atoms with Crippen LogP contribution in [0.2, 0.25) is 13.1 Å². The van der Waals surface area contributed by atoms with Gasteiger partial charge in [-0.05, 0) is 6.92 Å². The van der Waals surface area contributed by atoms with Crippen LogP contribution in [0.5, 0.6) is 0 Å². The Morgan fingerprint density at radius 1 is 1.40 bits per heavy atom. The molecule has 0 saturated carbocycles. The van der Waals surface area contributed by atoms with Crippen molar-refractivity contribution in [3.05, 3.63) is 0 Å². The van der Waals surface area contributed by atoms with Gasteiger partial charge in [0.15, 0.2) is 6.17 Å². The molecule has 0 aliphatic carbocycles. The molecule has 1 unspecified atom stereocenters. The first kappa shape index (κ1) is 10.3. The van der Waals surface area contributed by atoms with Crippen LogP contribution in [0.25, 0.3) is 0 Å². The molecule has 0 aromatic carbocycles. The van der Waals surface area contributed by atoms with Gasteiger partial charge in [-0.25, -0.2) is 13.2 Å². The number of alkyl halides is 3. The van der Waals surface area contributed by atoms with Crippen LogP contribution >= 0.6 is 11.1 Å². The van der Waals surface area contributed by atoms with Gasteiger partial charge in [0.2, 0.25) is 7.38 Å². The van der Waals surface area contributed by atoms with Crippen molar-refractivity contribution >= 4 is 18.5 Å². The van der Waals surface area contributed by atoms with Crippen LogP contribution in [0.3, 0.4) is 0 Å². The highest BCUT2D eigenvalue weighted by Crippen LogP contribution is 2.34. The van der Waals surface area contributed by atoms with E-state index in [1.54, 1.807) is 0 Å². The van der Waals surface area contributed by atoms with Gasteiger partial charge in [-0.2, -0.15) is 11.1 Å². The Kier molecular flexibility index (Phi) is 2.82. The van der Waals surface area contributed by atoms with Gasteiger partial charge >= 0.3 is 0 Å². The summed E-state index contributed by atoms with van der Waals surface area (Å²) in [4.78, 5) is 0. The second-order valence-corrected chi connectivity index (χ2v) is 9.16. The van der Waals surface area contributed by atoms with Crippen LogP contribution in [0.1, 0.15) is 6.92 Å². The van der Waals surface area contributed by atoms with Crippen molar-refractivity contribution < 1.29 is 13.2 Å². The van der Waals surface area contributed by atoms with Crippen LogP contribution in [0.15, 0.2) is 0 Å². The van der Waals surface area contributed by atoms with Crippen molar-refractivity contribution in [3.8, 4) is 0 Å². The monoisotopic (exact) mass is 190 g/mol. The molecule has 0 aromatic heterocycles. The fourth-order valence-corrected chi connectivity index (χ4v) is 1.87. The molecule has 0 spiro atoms. The van der Waals surface area contributed by atoms with Crippen molar-refractivity contribution in [3.63, 3.8) is 0 Å². The van der Waals surface area contributed by atoms with Crippen molar-refractivity contribution in [1.82, 2.24) is 0 Å². The highest BCUT2D eigenvalue weighted by atomic mass is 35.6. The van der Waals surface area contributed by atoms with Gasteiger partial charge < -0.3 is 0 Å². The van der Waals surface area contributed by atoms with Gasteiger partial charge in [0.25, 0.3) is 5.55 Å². The Morgan fingerprint density at radius 2 is 1.70 bits per heavy atom. The lowest BCUT2D eigenvalue weighted by Gasteiger charge is -2.26. The van der Waals surface area contributed by atoms with E-state index in [1.165, 1.54) is 13.1 Å². The van der Waals surface area contributed by atoms with E-state index < -0.39 is 19.1 Å². The standard InChI is InChI=1S/C5H10ClF3Si/c1-4(7)5(8,9)10(2,3)6/h4H,1-3H3. The lowest BCUT2D eigenvalue weighted by molar-refractivity contribution is 0.00628.